The summed E-state index contributed by atoms with van der Waals surface area (Å²) < 4.78 is 0. The SMILES string of the molecule is O=Cc1c(CCC(=O)O)cccc1[N+](=O)[O-]. The molecule has 84 valence electrons. The summed E-state index contributed by atoms with van der Waals surface area (Å²) in [5.74, 6) is -1.01. The predicted molar refractivity (Wildman–Crippen MR) is 54.4 cm³/mol. The van der Waals surface area contributed by atoms with E-state index in [1.165, 1.54) is 18.2 Å². The van der Waals surface area contributed by atoms with Crippen LogP contribution in [0.2, 0.25) is 0 Å². The van der Waals surface area contributed by atoms with E-state index in [0.717, 1.165) is 0 Å². The fraction of sp³-hybridized carbons (Fsp3) is 0.200. The quantitative estimate of drug-likeness (QED) is 0.462. The molecule has 1 aromatic rings. The number of rotatable bonds is 5. The molecule has 6 nitrogen and oxygen atoms in total. The van der Waals surface area contributed by atoms with Crippen LogP contribution in [0.4, 0.5) is 5.69 Å². The van der Waals surface area contributed by atoms with Crippen molar-refractivity contribution in [3.05, 3.63) is 39.4 Å². The lowest BCUT2D eigenvalue weighted by molar-refractivity contribution is -0.385. The first-order valence-electron chi connectivity index (χ1n) is 4.49. The maximum absolute atomic E-state index is 10.7. The standard InChI is InChI=1S/C10H9NO5/c12-6-8-7(4-5-10(13)14)2-1-3-9(8)11(15)16/h1-3,6H,4-5H2,(H,13,14). The molecule has 0 unspecified atom stereocenters. The van der Waals surface area contributed by atoms with Crippen LogP contribution in [0.5, 0.6) is 0 Å². The first-order valence-corrected chi connectivity index (χ1v) is 4.49. The Labute approximate surface area is 90.7 Å². The minimum Gasteiger partial charge on any atom is -0.481 e. The van der Waals surface area contributed by atoms with Crippen LogP contribution in [0.1, 0.15) is 22.3 Å². The molecule has 0 bridgehead atoms. The highest BCUT2D eigenvalue weighted by molar-refractivity contribution is 5.84. The average Bonchev–Trinajstić information content (AvgIpc) is 2.25. The van der Waals surface area contributed by atoms with E-state index >= 15 is 0 Å². The van der Waals surface area contributed by atoms with Crippen LogP contribution in [-0.2, 0) is 11.2 Å². The number of carbonyl (C=O) groups is 2. The number of benzene rings is 1. The summed E-state index contributed by atoms with van der Waals surface area (Å²) in [6.07, 6.45) is 0.322. The fourth-order valence-corrected chi connectivity index (χ4v) is 1.35. The Morgan fingerprint density at radius 1 is 1.50 bits per heavy atom. The highest BCUT2D eigenvalue weighted by Gasteiger charge is 2.16. The van der Waals surface area contributed by atoms with Crippen molar-refractivity contribution in [1.82, 2.24) is 0 Å². The highest BCUT2D eigenvalue weighted by Crippen LogP contribution is 2.21. The van der Waals surface area contributed by atoms with Gasteiger partial charge in [0.1, 0.15) is 0 Å². The summed E-state index contributed by atoms with van der Waals surface area (Å²) >= 11 is 0. The van der Waals surface area contributed by atoms with Gasteiger partial charge in [0.25, 0.3) is 5.69 Å². The Hall–Kier alpha value is -2.24. The molecule has 1 rings (SSSR count). The van der Waals surface area contributed by atoms with E-state index in [2.05, 4.69) is 0 Å². The van der Waals surface area contributed by atoms with Crippen molar-refractivity contribution in [2.45, 2.75) is 12.8 Å². The van der Waals surface area contributed by atoms with Gasteiger partial charge in [-0.3, -0.25) is 19.7 Å². The van der Waals surface area contributed by atoms with Crippen LogP contribution >= 0.6 is 0 Å². The smallest absolute Gasteiger partial charge is 0.303 e. The summed E-state index contributed by atoms with van der Waals surface area (Å²) in [4.78, 5) is 31.1. The topological polar surface area (TPSA) is 97.5 Å². The minimum absolute atomic E-state index is 0.0475. The van der Waals surface area contributed by atoms with E-state index in [-0.39, 0.29) is 24.1 Å². The summed E-state index contributed by atoms with van der Waals surface area (Å²) in [5.41, 5.74) is 0.0400. The lowest BCUT2D eigenvalue weighted by Gasteiger charge is -2.03. The van der Waals surface area contributed by atoms with Gasteiger partial charge in [0.05, 0.1) is 10.5 Å². The number of carboxylic acids is 1. The van der Waals surface area contributed by atoms with Gasteiger partial charge in [0, 0.05) is 12.5 Å². The van der Waals surface area contributed by atoms with Crippen molar-refractivity contribution in [3.63, 3.8) is 0 Å². The largest absolute Gasteiger partial charge is 0.481 e. The van der Waals surface area contributed by atoms with Crippen molar-refractivity contribution in [2.75, 3.05) is 0 Å². The molecule has 0 aliphatic carbocycles. The zero-order valence-electron chi connectivity index (χ0n) is 8.25. The third-order valence-corrected chi connectivity index (χ3v) is 2.10. The number of hydrogen-bond acceptors (Lipinski definition) is 4. The highest BCUT2D eigenvalue weighted by atomic mass is 16.6. The predicted octanol–water partition coefficient (Wildman–Crippen LogP) is 1.42. The van der Waals surface area contributed by atoms with Crippen LogP contribution < -0.4 is 0 Å². The Morgan fingerprint density at radius 3 is 2.69 bits per heavy atom. The second kappa shape index (κ2) is 5.01. The average molecular weight is 223 g/mol. The van der Waals surface area contributed by atoms with Crippen LogP contribution in [0.3, 0.4) is 0 Å². The van der Waals surface area contributed by atoms with Crippen molar-refractivity contribution in [1.29, 1.82) is 0 Å². The molecule has 0 spiro atoms. The number of nitro groups is 1. The maximum atomic E-state index is 10.7. The number of aldehydes is 1. The van der Waals surface area contributed by atoms with Gasteiger partial charge >= 0.3 is 5.97 Å². The maximum Gasteiger partial charge on any atom is 0.303 e. The van der Waals surface area contributed by atoms with Crippen molar-refractivity contribution < 1.29 is 19.6 Å². The molecule has 16 heavy (non-hydrogen) atoms. The molecule has 0 radical (unpaired) electrons. The second-order valence-corrected chi connectivity index (χ2v) is 3.12. The monoisotopic (exact) mass is 223 g/mol. The molecule has 0 aliphatic rings. The molecule has 0 aromatic heterocycles. The third-order valence-electron chi connectivity index (χ3n) is 2.10. The van der Waals surface area contributed by atoms with Crippen molar-refractivity contribution in [2.24, 2.45) is 0 Å². The number of hydrogen-bond donors (Lipinski definition) is 1. The lowest BCUT2D eigenvalue weighted by atomic mass is 10.0. The van der Waals surface area contributed by atoms with E-state index in [1.807, 2.05) is 0 Å². The Kier molecular flexibility index (Phi) is 3.71. The summed E-state index contributed by atoms with van der Waals surface area (Å²) in [7, 11) is 0. The molecule has 0 saturated carbocycles. The lowest BCUT2D eigenvalue weighted by Crippen LogP contribution is -2.03. The molecule has 0 atom stereocenters. The van der Waals surface area contributed by atoms with Gasteiger partial charge < -0.3 is 5.11 Å². The van der Waals surface area contributed by atoms with E-state index in [1.54, 1.807) is 0 Å². The Balaban J connectivity index is 3.08. The molecular weight excluding hydrogens is 214 g/mol. The van der Waals surface area contributed by atoms with Gasteiger partial charge in [0.2, 0.25) is 0 Å². The first-order chi connectivity index (χ1) is 7.56. The van der Waals surface area contributed by atoms with Crippen molar-refractivity contribution >= 4 is 17.9 Å². The second-order valence-electron chi connectivity index (χ2n) is 3.12. The number of aryl methyl sites for hydroxylation is 1. The van der Waals surface area contributed by atoms with Crippen LogP contribution in [0, 0.1) is 10.1 Å². The molecular formula is C10H9NO5. The normalized spacial score (nSPS) is 9.75. The number of aliphatic carboxylic acids is 1. The van der Waals surface area contributed by atoms with E-state index in [4.69, 9.17) is 5.11 Å². The molecule has 0 heterocycles. The number of nitro benzene ring substituents is 1. The number of carbonyl (C=O) groups excluding carboxylic acids is 1. The number of nitrogens with zero attached hydrogens (tertiary/aromatic N) is 1. The molecule has 6 heteroatoms. The minimum atomic E-state index is -1.01. The van der Waals surface area contributed by atoms with Gasteiger partial charge in [-0.05, 0) is 12.0 Å². The Bertz CT molecular complexity index is 441. The van der Waals surface area contributed by atoms with Crippen molar-refractivity contribution in [3.8, 4) is 0 Å². The summed E-state index contributed by atoms with van der Waals surface area (Å²) in [6, 6.07) is 4.16. The van der Waals surface area contributed by atoms with E-state index < -0.39 is 10.9 Å². The zero-order valence-corrected chi connectivity index (χ0v) is 8.25. The van der Waals surface area contributed by atoms with E-state index in [0.29, 0.717) is 11.8 Å². The first kappa shape index (κ1) is 11.8. The van der Waals surface area contributed by atoms with E-state index in [9.17, 15) is 19.7 Å². The molecule has 0 saturated heterocycles. The molecule has 0 fully saturated rings. The van der Waals surface area contributed by atoms with Gasteiger partial charge in [-0.2, -0.15) is 0 Å². The number of carboxylic acid groups (broad SMARTS) is 1. The van der Waals surface area contributed by atoms with Crippen LogP contribution in [0.15, 0.2) is 18.2 Å². The van der Waals surface area contributed by atoms with Gasteiger partial charge in [-0.1, -0.05) is 12.1 Å². The van der Waals surface area contributed by atoms with Crippen LogP contribution in [-0.4, -0.2) is 22.3 Å². The third kappa shape index (κ3) is 2.63. The summed E-state index contributed by atoms with van der Waals surface area (Å²) in [6.45, 7) is 0. The van der Waals surface area contributed by atoms with Gasteiger partial charge in [0.15, 0.2) is 6.29 Å². The zero-order chi connectivity index (χ0) is 12.1. The van der Waals surface area contributed by atoms with Crippen LogP contribution in [0.25, 0.3) is 0 Å². The molecule has 0 aliphatic heterocycles. The molecule has 0 amide bonds. The summed E-state index contributed by atoms with van der Waals surface area (Å²) in [5, 5.41) is 19.1. The molecule has 1 aromatic carbocycles. The van der Waals surface area contributed by atoms with Gasteiger partial charge in [-0.15, -0.1) is 0 Å². The molecule has 1 N–H and O–H groups in total. The Morgan fingerprint density at radius 2 is 2.19 bits per heavy atom. The fourth-order valence-electron chi connectivity index (χ4n) is 1.35. The van der Waals surface area contributed by atoms with Gasteiger partial charge in [-0.25, -0.2) is 0 Å².